The van der Waals surface area contributed by atoms with Gasteiger partial charge in [-0.15, -0.1) is 0 Å². The first-order valence-corrected chi connectivity index (χ1v) is 13.6. The number of carbonyl (C=O) groups is 1. The Bertz CT molecular complexity index is 1070. The summed E-state index contributed by atoms with van der Waals surface area (Å²) in [5, 5.41) is 4.29. The number of benzene rings is 1. The summed E-state index contributed by atoms with van der Waals surface area (Å²) in [5.74, 6) is 4.30. The number of carbonyl (C=O) groups excluding carboxylic acids is 1. The maximum Gasteiger partial charge on any atom is 0.317 e. The van der Waals surface area contributed by atoms with Crippen LogP contribution in [0.1, 0.15) is 61.2 Å². The number of hydrogen-bond acceptors (Lipinski definition) is 4. The van der Waals surface area contributed by atoms with Crippen molar-refractivity contribution < 1.29 is 4.79 Å². The fourth-order valence-electron chi connectivity index (χ4n) is 7.68. The van der Waals surface area contributed by atoms with Crippen molar-refractivity contribution in [3.63, 3.8) is 0 Å². The number of urea groups is 1. The minimum atomic E-state index is 0.0651. The van der Waals surface area contributed by atoms with Crippen LogP contribution < -0.4 is 10.2 Å². The smallest absolute Gasteiger partial charge is 0.317 e. The molecule has 2 amide bonds. The number of nitrogens with one attached hydrogen (secondary N) is 1. The van der Waals surface area contributed by atoms with E-state index in [0.717, 1.165) is 78.3 Å². The van der Waals surface area contributed by atoms with Crippen LogP contribution in [0.2, 0.25) is 5.02 Å². The summed E-state index contributed by atoms with van der Waals surface area (Å²) in [5.41, 5.74) is 3.43. The number of aryl methyl sites for hydroxylation is 2. The minimum absolute atomic E-state index is 0.0651. The minimum Gasteiger partial charge on any atom is -0.353 e. The Balaban J connectivity index is 1.13. The van der Waals surface area contributed by atoms with Gasteiger partial charge in [-0.2, -0.15) is 0 Å². The Morgan fingerprint density at radius 2 is 1.57 bits per heavy atom. The molecule has 2 aromatic rings. The number of aromatic nitrogens is 2. The number of halogens is 1. The van der Waals surface area contributed by atoms with Crippen LogP contribution in [-0.2, 0) is 6.42 Å². The quantitative estimate of drug-likeness (QED) is 0.640. The van der Waals surface area contributed by atoms with E-state index in [1.165, 1.54) is 44.1 Å². The van der Waals surface area contributed by atoms with Gasteiger partial charge >= 0.3 is 6.03 Å². The first kappa shape index (κ1) is 23.1. The number of anilines is 1. The first-order valence-electron chi connectivity index (χ1n) is 13.3. The second kappa shape index (κ2) is 8.95. The van der Waals surface area contributed by atoms with Crippen LogP contribution in [-0.4, -0.2) is 52.6 Å². The molecule has 5 fully saturated rings. The molecule has 1 aromatic heterocycles. The normalized spacial score (nSPS) is 29.5. The van der Waals surface area contributed by atoms with E-state index in [0.29, 0.717) is 0 Å². The zero-order chi connectivity index (χ0) is 24.2. The lowest BCUT2D eigenvalue weighted by Gasteiger charge is -2.57. The summed E-state index contributed by atoms with van der Waals surface area (Å²) in [4.78, 5) is 27.2. The molecular formula is C28H36ClN5O. The molecule has 1 aliphatic heterocycles. The van der Waals surface area contributed by atoms with E-state index in [1.54, 1.807) is 0 Å². The predicted octanol–water partition coefficient (Wildman–Crippen LogP) is 5.14. The molecule has 0 radical (unpaired) electrons. The summed E-state index contributed by atoms with van der Waals surface area (Å²) < 4.78 is 0. The van der Waals surface area contributed by atoms with Gasteiger partial charge in [-0.1, -0.05) is 23.7 Å². The molecule has 2 heterocycles. The van der Waals surface area contributed by atoms with Crippen molar-refractivity contribution in [1.29, 1.82) is 0 Å². The number of hydrogen-bond donors (Lipinski definition) is 1. The molecular weight excluding hydrogens is 458 g/mol. The Hall–Kier alpha value is -2.34. The Morgan fingerprint density at radius 3 is 2.17 bits per heavy atom. The average molecular weight is 494 g/mol. The lowest BCUT2D eigenvalue weighted by molar-refractivity contribution is -0.0157. The molecule has 1 aromatic carbocycles. The third-order valence-electron chi connectivity index (χ3n) is 8.87. The van der Waals surface area contributed by atoms with Gasteiger partial charge < -0.3 is 15.1 Å². The maximum atomic E-state index is 13.3. The highest BCUT2D eigenvalue weighted by Crippen LogP contribution is 2.55. The standard InChI is InChI=1S/C28H36ClN5O/c1-18-25(14-20-3-5-24(29)6-4-20)26(31-19(2)30-18)33-7-9-34(10-8-33)27(35)32-28-15-21-11-22(16-28)13-23(12-21)17-28/h3-6,21-23H,7-17H2,1-2H3,(H,32,35). The predicted molar refractivity (Wildman–Crippen MR) is 139 cm³/mol. The molecule has 35 heavy (non-hydrogen) atoms. The van der Waals surface area contributed by atoms with Gasteiger partial charge in [0.2, 0.25) is 0 Å². The van der Waals surface area contributed by atoms with E-state index in [-0.39, 0.29) is 11.6 Å². The van der Waals surface area contributed by atoms with Crippen molar-refractivity contribution in [2.75, 3.05) is 31.1 Å². The van der Waals surface area contributed by atoms with Gasteiger partial charge in [0, 0.05) is 54.4 Å². The number of amides is 2. The zero-order valence-corrected chi connectivity index (χ0v) is 21.7. The van der Waals surface area contributed by atoms with E-state index in [4.69, 9.17) is 16.6 Å². The highest BCUT2D eigenvalue weighted by atomic mass is 35.5. The van der Waals surface area contributed by atoms with Crippen molar-refractivity contribution >= 4 is 23.4 Å². The second-order valence-corrected chi connectivity index (χ2v) is 12.0. The fourth-order valence-corrected chi connectivity index (χ4v) is 7.81. The van der Waals surface area contributed by atoms with Crippen LogP contribution in [0.4, 0.5) is 10.6 Å². The van der Waals surface area contributed by atoms with Crippen LogP contribution in [0.15, 0.2) is 24.3 Å². The number of nitrogens with zero attached hydrogens (tertiary/aromatic N) is 4. The molecule has 0 unspecified atom stereocenters. The number of rotatable bonds is 4. The van der Waals surface area contributed by atoms with Gasteiger partial charge in [-0.05, 0) is 87.8 Å². The van der Waals surface area contributed by atoms with Crippen LogP contribution in [0.25, 0.3) is 0 Å². The Morgan fingerprint density at radius 1 is 0.971 bits per heavy atom. The lowest BCUT2D eigenvalue weighted by Crippen LogP contribution is -2.63. The fraction of sp³-hybridized carbons (Fsp3) is 0.607. The van der Waals surface area contributed by atoms with Gasteiger partial charge in [0.1, 0.15) is 11.6 Å². The molecule has 6 nitrogen and oxygen atoms in total. The first-order chi connectivity index (χ1) is 16.9. The topological polar surface area (TPSA) is 61.4 Å². The van der Waals surface area contributed by atoms with Gasteiger partial charge in [-0.3, -0.25) is 0 Å². The van der Waals surface area contributed by atoms with Crippen LogP contribution in [0, 0.1) is 31.6 Å². The van der Waals surface area contributed by atoms with E-state index < -0.39 is 0 Å². The highest BCUT2D eigenvalue weighted by Gasteiger charge is 2.51. The van der Waals surface area contributed by atoms with E-state index in [9.17, 15) is 4.79 Å². The summed E-state index contributed by atoms with van der Waals surface area (Å²) in [6.45, 7) is 7.05. The molecule has 4 bridgehead atoms. The summed E-state index contributed by atoms with van der Waals surface area (Å²) >= 11 is 6.09. The van der Waals surface area contributed by atoms with Crippen molar-refractivity contribution in [1.82, 2.24) is 20.2 Å². The molecule has 1 N–H and O–H groups in total. The SMILES string of the molecule is Cc1nc(C)c(Cc2ccc(Cl)cc2)c(N2CCN(C(=O)NC34CC5CC(CC(C5)C3)C4)CC2)n1. The Labute approximate surface area is 213 Å². The van der Waals surface area contributed by atoms with Crippen molar-refractivity contribution in [2.45, 2.75) is 64.3 Å². The third-order valence-corrected chi connectivity index (χ3v) is 9.13. The Kier molecular flexibility index (Phi) is 5.90. The van der Waals surface area contributed by atoms with Gasteiger partial charge in [0.05, 0.1) is 0 Å². The molecule has 5 aliphatic rings. The van der Waals surface area contributed by atoms with E-state index in [1.807, 2.05) is 24.0 Å². The second-order valence-electron chi connectivity index (χ2n) is 11.6. The molecule has 4 aliphatic carbocycles. The summed E-state index contributed by atoms with van der Waals surface area (Å²) in [6.07, 6.45) is 8.53. The van der Waals surface area contributed by atoms with Crippen molar-refractivity contribution in [3.8, 4) is 0 Å². The molecule has 7 heteroatoms. The third kappa shape index (κ3) is 4.62. The van der Waals surface area contributed by atoms with Crippen molar-refractivity contribution in [2.24, 2.45) is 17.8 Å². The van der Waals surface area contributed by atoms with Gasteiger partial charge in [0.15, 0.2) is 0 Å². The number of piperazine rings is 1. The molecule has 7 rings (SSSR count). The van der Waals surface area contributed by atoms with Crippen LogP contribution in [0.5, 0.6) is 0 Å². The van der Waals surface area contributed by atoms with Crippen LogP contribution >= 0.6 is 11.6 Å². The average Bonchev–Trinajstić information content (AvgIpc) is 2.81. The van der Waals surface area contributed by atoms with Crippen molar-refractivity contribution in [3.05, 3.63) is 51.9 Å². The van der Waals surface area contributed by atoms with Crippen LogP contribution in [0.3, 0.4) is 0 Å². The van der Waals surface area contributed by atoms with Gasteiger partial charge in [-0.25, -0.2) is 14.8 Å². The van der Waals surface area contributed by atoms with E-state index >= 15 is 0 Å². The lowest BCUT2D eigenvalue weighted by atomic mass is 9.53. The molecule has 1 saturated heterocycles. The van der Waals surface area contributed by atoms with E-state index in [2.05, 4.69) is 34.3 Å². The largest absolute Gasteiger partial charge is 0.353 e. The molecule has 4 saturated carbocycles. The maximum absolute atomic E-state index is 13.3. The molecule has 0 atom stereocenters. The zero-order valence-electron chi connectivity index (χ0n) is 20.9. The monoisotopic (exact) mass is 493 g/mol. The molecule has 186 valence electrons. The summed E-state index contributed by atoms with van der Waals surface area (Å²) in [6, 6.07) is 8.14. The van der Waals surface area contributed by atoms with Gasteiger partial charge in [0.25, 0.3) is 0 Å². The highest BCUT2D eigenvalue weighted by molar-refractivity contribution is 6.30. The molecule has 0 spiro atoms. The summed E-state index contributed by atoms with van der Waals surface area (Å²) in [7, 11) is 0.